The second kappa shape index (κ2) is 111. The number of ketones is 2. The van der Waals surface area contributed by atoms with Crippen LogP contribution in [0.25, 0.3) is 17.2 Å². The molecular formula is C85H189B3F3N10O25S20-3. The van der Waals surface area contributed by atoms with Crippen molar-refractivity contribution >= 4 is 374 Å². The van der Waals surface area contributed by atoms with Crippen molar-refractivity contribution in [1.29, 1.82) is 0 Å². The second-order valence-corrected chi connectivity index (χ2v) is 32.3. The summed E-state index contributed by atoms with van der Waals surface area (Å²) in [4.78, 5) is 165. The van der Waals surface area contributed by atoms with E-state index in [1.165, 1.54) is 71.3 Å². The third-order valence-corrected chi connectivity index (χ3v) is 23.0. The van der Waals surface area contributed by atoms with E-state index in [-0.39, 0.29) is 374 Å². The van der Waals surface area contributed by atoms with Gasteiger partial charge in [-0.2, -0.15) is 283 Å². The monoisotopic (exact) mass is 2480 g/mol. The molecule has 10 fully saturated rings. The van der Waals surface area contributed by atoms with E-state index >= 15 is 0 Å². The Morgan fingerprint density at radius 2 is 0.664 bits per heavy atom. The maximum Gasteiger partial charge on any atom is 0.490 e. The molecule has 4 amide bonds. The zero-order valence-electron chi connectivity index (χ0n) is 85.1. The standard InChI is InChI=1S/C19H32N2O5.C14H23N2O3.C12H20N2O3.C12H19N2O3.C11H19NO2.C7H12O2.C3H6NO2.C2HF3O2.3CH3BO.2CH4.20H2S/c1-4-8-14(19(25)26-5-2)20-12(3)17(22)21-15-10-7-6-9-13(15)11-16(21)18(23)24;1-3-19-14(18)12-8-10-6-4-5-7-11(10)16(12)13(17)9(2)15;2*1-7(13)11(15)14-9-5-3-2-4-8(9)6-10(14)12(16)17;1-2-14-11(13)10-7-8-5-3-4-6-9(8)12-10;1-3-5-7(9)6(8)4-2;1-2(4)3(5)6;3-2(4,5)1(6)7;3*1-2-3;;;;;;;;;;;;;;;;;;;;;;/h12-16,20H,4-11H2,1-3H3,(H,23,24);9-12,15H,3-8H2,1-2H3;7-10H,2-6,13H2,1H3,(H,16,17);7-10,13H,2-6H2,1H3,(H,16,17);8-10,12H,2-7H2,1H3;3-5H2,1-2H3;2,4H,1H3,(H,5,6);(H,6,7);3*1H3;2*1H4;20*1H2/q;-1;;-1;;;-1;;;;;;;;;;;;;;;;;;;;;;;;;;/t12-,13+,14?,15+,16+;9-,10+,11+,12+;2*7-,8+,9+,10+;8-,9-,10-;;2-;;;;;;;;;;;;;;;;;;;;;;;;;;/m00001.1........................../s1. The number of nitrogens with zero attached hydrogens (tertiary/aromatic N) is 4. The van der Waals surface area contributed by atoms with Crippen molar-refractivity contribution in [2.24, 2.45) is 35.3 Å². The van der Waals surface area contributed by atoms with Gasteiger partial charge < -0.3 is 87.6 Å². The van der Waals surface area contributed by atoms with Gasteiger partial charge in [-0.25, -0.2) is 24.0 Å². The summed E-state index contributed by atoms with van der Waals surface area (Å²) in [6.45, 7) is 24.1. The van der Waals surface area contributed by atoms with Gasteiger partial charge in [-0.3, -0.25) is 48.5 Å². The van der Waals surface area contributed by atoms with E-state index in [0.717, 1.165) is 143 Å². The maximum absolute atomic E-state index is 13.1. The number of halogens is 3. The number of Topliss-reactive ketones (excluding diaryl/α,β-unsaturated/α-hetero) is 2. The number of hydrogen-bond acceptors (Lipinski definition) is 23. The zero-order valence-corrected chi connectivity index (χ0v) is 105. The Labute approximate surface area is 1010 Å². The molecular weight excluding hydrogens is 2290 g/mol. The SMILES string of the molecule is C.C.CB=O.CB=O.CB=O.CCCC(=O)C(=O)CC.CCCC(N[C@@H](C)C(=O)N1[C@@H](C(=O)O)C[C@H]2CCCC[C@H]21)C(=O)OCC.CCOC(=O)[C@H]1C[C@H]2CCCC[C@H]2N1.CCOC(=O)[C@H]1C[C@H]2CCCC[C@H]2N1C(=O)[C@H](C)[NH-].C[C@@H]([NH-])C(=O)O.C[C@H](N)C(=O)N1[C@@H](C(=O)O)C[C@H]2CCCC[C@H]21.C[C@H]([NH-])C(=O)N1[C@@H](C(=O)O)C[C@H]2CCCC[C@H]21.O=C(O)C(F)(F)F.S.S.S.S.S.S.S.S.S.S.S.S.S.S.S.S.S.S.S.S. The van der Waals surface area contributed by atoms with E-state index in [1.807, 2.05) is 20.8 Å². The second-order valence-electron chi connectivity index (χ2n) is 32.3. The van der Waals surface area contributed by atoms with E-state index in [0.29, 0.717) is 88.6 Å². The number of aliphatic carboxylic acids is 5. The van der Waals surface area contributed by atoms with Crippen LogP contribution in [0.1, 0.15) is 284 Å². The average molecular weight is 2480 g/mol. The van der Waals surface area contributed by atoms with Crippen LogP contribution in [-0.2, 0) is 95.4 Å². The van der Waals surface area contributed by atoms with Crippen LogP contribution in [0.2, 0.25) is 20.5 Å². The van der Waals surface area contributed by atoms with Crippen LogP contribution in [0.4, 0.5) is 13.2 Å². The third-order valence-electron chi connectivity index (χ3n) is 23.0. The first-order valence-electron chi connectivity index (χ1n) is 44.0. The quantitative estimate of drug-likeness (QED) is 0.0216. The Morgan fingerprint density at radius 1 is 0.397 bits per heavy atom. The molecule has 146 heavy (non-hydrogen) atoms. The van der Waals surface area contributed by atoms with E-state index < -0.39 is 96.4 Å². The van der Waals surface area contributed by atoms with Crippen molar-refractivity contribution in [2.75, 3.05) is 19.8 Å². The number of amides is 4. The van der Waals surface area contributed by atoms with Crippen molar-refractivity contribution in [1.82, 2.24) is 30.2 Å². The van der Waals surface area contributed by atoms with Gasteiger partial charge in [0.2, 0.25) is 23.6 Å². The molecule has 5 heterocycles. The van der Waals surface area contributed by atoms with Crippen LogP contribution in [0.3, 0.4) is 0 Å². The van der Waals surface area contributed by atoms with Crippen LogP contribution in [0, 0.1) is 29.6 Å². The zero-order chi connectivity index (χ0) is 95.0. The Balaban J connectivity index is -0.0000000559. The summed E-state index contributed by atoms with van der Waals surface area (Å²) in [5.74, 6) is -6.67. The van der Waals surface area contributed by atoms with Gasteiger partial charge in [-0.15, -0.1) is 0 Å². The summed E-state index contributed by atoms with van der Waals surface area (Å²) in [5.41, 5.74) is 27.2. The topological polar surface area (TPSA) is 553 Å². The molecule has 12 N–H and O–H groups in total. The minimum Gasteiger partial charge on any atom is -0.667 e. The molecule has 35 nitrogen and oxygen atoms in total. The van der Waals surface area contributed by atoms with Crippen molar-refractivity contribution in [3.05, 3.63) is 17.2 Å². The average Bonchev–Trinajstić information content (AvgIpc) is 1.65. The van der Waals surface area contributed by atoms with E-state index in [2.05, 4.69) is 10.6 Å². The molecule has 5 aliphatic heterocycles. The van der Waals surface area contributed by atoms with Gasteiger partial charge in [0.25, 0.3) is 5.97 Å². The molecule has 0 bridgehead atoms. The number of ether oxygens (including phenoxy) is 3. The molecule has 1 unspecified atom stereocenters. The van der Waals surface area contributed by atoms with Gasteiger partial charge in [-0.05, 0) is 179 Å². The molecule has 882 valence electrons. The molecule has 21 atom stereocenters. The smallest absolute Gasteiger partial charge is 0.490 e. The molecule has 0 spiro atoms. The Kier molecular flexibility index (Phi) is 154. The largest absolute Gasteiger partial charge is 0.667 e. The van der Waals surface area contributed by atoms with Gasteiger partial charge in [-0.1, -0.05) is 139 Å². The van der Waals surface area contributed by atoms with Crippen LogP contribution in [0.5, 0.6) is 0 Å². The number of carboxylic acid groups (broad SMARTS) is 5. The number of hydrogen-bond donors (Lipinski definition) is 8. The Hall–Kier alpha value is -0.875. The molecule has 5 saturated heterocycles. The summed E-state index contributed by atoms with van der Waals surface area (Å²) in [6.07, 6.45) is 23.0. The number of nitrogens with one attached hydrogen (secondary N) is 5. The molecule has 5 saturated carbocycles. The first-order valence-corrected chi connectivity index (χ1v) is 44.0. The van der Waals surface area contributed by atoms with Crippen molar-refractivity contribution in [3.63, 3.8) is 0 Å². The maximum atomic E-state index is 13.1. The molecule has 0 aromatic carbocycles. The third kappa shape index (κ3) is 71.5. The van der Waals surface area contributed by atoms with Crippen molar-refractivity contribution in [2.45, 2.75) is 407 Å². The van der Waals surface area contributed by atoms with Gasteiger partial charge >= 0.3 is 104 Å². The summed E-state index contributed by atoms with van der Waals surface area (Å²) < 4.78 is 73.4. The predicted molar refractivity (Wildman–Crippen MR) is 675 cm³/mol. The van der Waals surface area contributed by atoms with Crippen LogP contribution < -0.4 is 16.4 Å². The molecule has 0 radical (unpaired) electrons. The minimum atomic E-state index is -5.08. The fraction of sp³-hybridized carbons (Fsp3) is 0.835. The fourth-order valence-corrected chi connectivity index (χ4v) is 17.6. The van der Waals surface area contributed by atoms with Crippen LogP contribution in [-0.4, -0.2) is 272 Å². The number of likely N-dealkylation sites (tertiary alicyclic amines) is 4. The Morgan fingerprint density at radius 3 is 0.918 bits per heavy atom. The van der Waals surface area contributed by atoms with Crippen molar-refractivity contribution < 1.29 is 134 Å². The molecule has 0 aromatic heterocycles. The molecule has 10 rings (SSSR count). The van der Waals surface area contributed by atoms with Crippen molar-refractivity contribution in [3.8, 4) is 0 Å². The van der Waals surface area contributed by atoms with E-state index in [9.17, 15) is 90.8 Å². The van der Waals surface area contributed by atoms with Crippen LogP contribution in [0.15, 0.2) is 0 Å². The number of nitrogens with two attached hydrogens (primary N) is 1. The molecule has 61 heteroatoms. The van der Waals surface area contributed by atoms with Gasteiger partial charge in [0, 0.05) is 43.1 Å². The number of fused-ring (bicyclic) bond motifs is 5. The summed E-state index contributed by atoms with van der Waals surface area (Å²) in [5, 5.41) is 49.4. The number of carbonyl (C=O) groups is 14. The number of esters is 3. The van der Waals surface area contributed by atoms with Gasteiger partial charge in [0.05, 0.1) is 31.9 Å². The first-order chi connectivity index (χ1) is 58.4. The first kappa shape index (κ1) is 202. The minimum absolute atomic E-state index is 0. The summed E-state index contributed by atoms with van der Waals surface area (Å²) >= 11 is 0. The number of carboxylic acids is 5. The Bertz CT molecular complexity index is 3360. The number of carbonyl (C=O) groups excluding carboxylic acids is 9. The molecule has 5 aliphatic carbocycles. The predicted octanol–water partition coefficient (Wildman–Crippen LogP) is 14.1. The van der Waals surface area contributed by atoms with Gasteiger partial charge in [0.15, 0.2) is 11.6 Å². The normalized spacial score (nSPS) is 22.3. The van der Waals surface area contributed by atoms with E-state index in [1.54, 1.807) is 56.2 Å². The summed E-state index contributed by atoms with van der Waals surface area (Å²) in [7, 11) is 2.25. The van der Waals surface area contributed by atoms with Gasteiger partial charge in [0.1, 0.15) is 36.3 Å². The number of rotatable bonds is 22. The number of alkyl halides is 3. The summed E-state index contributed by atoms with van der Waals surface area (Å²) in [6, 6.07) is -6.17. The molecule has 10 aliphatic rings. The van der Waals surface area contributed by atoms with Crippen LogP contribution >= 0.6 is 270 Å². The fourth-order valence-electron chi connectivity index (χ4n) is 17.6. The van der Waals surface area contributed by atoms with E-state index in [4.69, 9.17) is 66.3 Å². The molecule has 0 aromatic rings.